The molecule has 0 aliphatic heterocycles. The number of aromatic carboxylic acids is 1. The number of carbonyl (C=O) groups excluding carboxylic acids is 6. The smallest absolute Gasteiger partial charge is 0.335 e. The van der Waals surface area contributed by atoms with E-state index < -0.39 is 59.6 Å². The van der Waals surface area contributed by atoms with Crippen LogP contribution in [0.5, 0.6) is 11.5 Å². The molecule has 0 saturated carbocycles. The Balaban J connectivity index is 1.21. The van der Waals surface area contributed by atoms with E-state index in [1.165, 1.54) is 103 Å². The first-order valence-corrected chi connectivity index (χ1v) is 18.0. The number of anilines is 4. The van der Waals surface area contributed by atoms with E-state index in [-0.39, 0.29) is 62.9 Å². The molecular formula is C42H36N8O10. The van der Waals surface area contributed by atoms with Gasteiger partial charge in [0.25, 0.3) is 23.6 Å². The van der Waals surface area contributed by atoms with E-state index >= 15 is 0 Å². The number of nitrogens with two attached hydrogens (primary N) is 1. The summed E-state index contributed by atoms with van der Waals surface area (Å²) in [4.78, 5) is 91.9. The Morgan fingerprint density at radius 1 is 0.700 bits per heavy atom. The SMILES string of the molecule is CCCOc1c(NC(=O)c2ccc(NC(=O)[C@H](CC(N)=O)NC(=O)c3ccc(NC(=O)c4ccc(C#N)nc4)cc3)cc2)ccc(C(=O)Nc2ccc(C(=O)O)cc2)c1O. The molecule has 18 nitrogen and oxygen atoms in total. The third-order valence-corrected chi connectivity index (χ3v) is 8.45. The first kappa shape index (κ1) is 42.6. The zero-order chi connectivity index (χ0) is 43.3. The van der Waals surface area contributed by atoms with Crippen molar-refractivity contribution in [1.29, 1.82) is 5.26 Å². The van der Waals surface area contributed by atoms with Crippen LogP contribution in [0.15, 0.2) is 103 Å². The highest BCUT2D eigenvalue weighted by molar-refractivity contribution is 6.10. The average molecular weight is 813 g/mol. The van der Waals surface area contributed by atoms with Gasteiger partial charge in [0.1, 0.15) is 17.8 Å². The summed E-state index contributed by atoms with van der Waals surface area (Å²) >= 11 is 0. The number of amides is 6. The van der Waals surface area contributed by atoms with Crippen molar-refractivity contribution in [2.45, 2.75) is 25.8 Å². The number of carbonyl (C=O) groups is 7. The van der Waals surface area contributed by atoms with Crippen molar-refractivity contribution in [2.75, 3.05) is 27.9 Å². The molecular weight excluding hydrogens is 777 g/mol. The second-order valence-electron chi connectivity index (χ2n) is 12.8. The molecule has 0 spiro atoms. The van der Waals surface area contributed by atoms with Gasteiger partial charge in [-0.25, -0.2) is 9.78 Å². The predicted octanol–water partition coefficient (Wildman–Crippen LogP) is 4.52. The Labute approximate surface area is 341 Å². The van der Waals surface area contributed by atoms with Crippen LogP contribution in [0.2, 0.25) is 0 Å². The van der Waals surface area contributed by atoms with E-state index in [2.05, 4.69) is 31.6 Å². The zero-order valence-electron chi connectivity index (χ0n) is 31.6. The number of nitrogens with zero attached hydrogens (tertiary/aromatic N) is 2. The van der Waals surface area contributed by atoms with E-state index in [1.807, 2.05) is 13.0 Å². The van der Waals surface area contributed by atoms with Crippen LogP contribution >= 0.6 is 0 Å². The number of phenolic OH excluding ortho intramolecular Hbond substituents is 1. The zero-order valence-corrected chi connectivity index (χ0v) is 31.6. The molecule has 0 radical (unpaired) electrons. The van der Waals surface area contributed by atoms with Crippen molar-refractivity contribution < 1.29 is 48.5 Å². The maximum absolute atomic E-state index is 13.3. The molecule has 0 aliphatic rings. The van der Waals surface area contributed by atoms with Gasteiger partial charge >= 0.3 is 5.97 Å². The lowest BCUT2D eigenvalue weighted by Crippen LogP contribution is -2.46. The number of benzene rings is 4. The summed E-state index contributed by atoms with van der Waals surface area (Å²) in [7, 11) is 0. The molecule has 5 rings (SSSR count). The van der Waals surface area contributed by atoms with Gasteiger partial charge < -0.3 is 47.3 Å². The van der Waals surface area contributed by atoms with Gasteiger partial charge in [-0.2, -0.15) is 5.26 Å². The second-order valence-corrected chi connectivity index (χ2v) is 12.8. The van der Waals surface area contributed by atoms with Gasteiger partial charge in [-0.05, 0) is 103 Å². The highest BCUT2D eigenvalue weighted by Gasteiger charge is 2.25. The number of carboxylic acid groups (broad SMARTS) is 1. The number of carboxylic acids is 1. The summed E-state index contributed by atoms with van der Waals surface area (Å²) in [5.41, 5.74) is 6.67. The Morgan fingerprint density at radius 2 is 1.23 bits per heavy atom. The quantitative estimate of drug-likeness (QED) is 0.0683. The third-order valence-electron chi connectivity index (χ3n) is 8.45. The molecule has 1 aromatic heterocycles. The number of aromatic nitrogens is 1. The molecule has 0 fully saturated rings. The number of phenols is 1. The maximum atomic E-state index is 13.3. The summed E-state index contributed by atoms with van der Waals surface area (Å²) < 4.78 is 5.70. The number of aromatic hydroxyl groups is 1. The fourth-order valence-corrected chi connectivity index (χ4v) is 5.38. The van der Waals surface area contributed by atoms with E-state index in [0.29, 0.717) is 12.1 Å². The van der Waals surface area contributed by atoms with Gasteiger partial charge in [-0.3, -0.25) is 28.8 Å². The number of rotatable bonds is 16. The molecule has 0 aliphatic carbocycles. The Kier molecular flexibility index (Phi) is 13.8. The molecule has 304 valence electrons. The third kappa shape index (κ3) is 11.0. The van der Waals surface area contributed by atoms with Crippen molar-refractivity contribution in [2.24, 2.45) is 5.73 Å². The first-order chi connectivity index (χ1) is 28.8. The van der Waals surface area contributed by atoms with E-state index in [1.54, 1.807) is 0 Å². The van der Waals surface area contributed by atoms with Crippen molar-refractivity contribution in [3.05, 3.63) is 137 Å². The monoisotopic (exact) mass is 812 g/mol. The molecule has 0 bridgehead atoms. The number of hydrogen-bond acceptors (Lipinski definition) is 11. The lowest BCUT2D eigenvalue weighted by Gasteiger charge is -2.18. The molecule has 6 amide bonds. The first-order valence-electron chi connectivity index (χ1n) is 18.0. The Morgan fingerprint density at radius 3 is 1.77 bits per heavy atom. The standard InChI is InChI=1S/C42H36N8O10/c1-2-19-60-36-32(18-17-31(35(36)52)40(56)47-28-14-7-25(8-15-28)42(58)59)49-37(53)23-5-12-29(13-6-23)48-41(57)33(20-34(44)51)50-38(54)24-3-10-27(11-4-24)46-39(55)26-9-16-30(21-43)45-22-26/h3-18,22,33,52H,2,19-20H2,1H3,(H2,44,51)(H,46,55)(H,47,56)(H,48,57)(H,49,53)(H,50,54)(H,58,59)/t33-/m0/s1. The van der Waals surface area contributed by atoms with Gasteiger partial charge in [0.15, 0.2) is 11.5 Å². The minimum Gasteiger partial charge on any atom is -0.504 e. The molecule has 1 heterocycles. The number of pyridine rings is 1. The minimum absolute atomic E-state index is 0.0211. The molecule has 18 heteroatoms. The van der Waals surface area contributed by atoms with Crippen LogP contribution in [-0.2, 0) is 9.59 Å². The number of ether oxygens (including phenoxy) is 1. The average Bonchev–Trinajstić information content (AvgIpc) is 3.23. The fraction of sp³-hybridized carbons (Fsp3) is 0.119. The summed E-state index contributed by atoms with van der Waals surface area (Å²) in [6.45, 7) is 1.95. The van der Waals surface area contributed by atoms with Gasteiger partial charge in [0.2, 0.25) is 11.8 Å². The van der Waals surface area contributed by atoms with Crippen LogP contribution in [-0.4, -0.2) is 69.3 Å². The van der Waals surface area contributed by atoms with Crippen molar-refractivity contribution >= 4 is 64.2 Å². The van der Waals surface area contributed by atoms with E-state index in [0.717, 1.165) is 0 Å². The highest BCUT2D eigenvalue weighted by Crippen LogP contribution is 2.38. The van der Waals surface area contributed by atoms with Gasteiger partial charge in [-0.1, -0.05) is 6.92 Å². The van der Waals surface area contributed by atoms with E-state index in [4.69, 9.17) is 20.8 Å². The minimum atomic E-state index is -1.39. The lowest BCUT2D eigenvalue weighted by atomic mass is 10.1. The molecule has 9 N–H and O–H groups in total. The largest absolute Gasteiger partial charge is 0.504 e. The Hall–Kier alpha value is -8.59. The van der Waals surface area contributed by atoms with Gasteiger partial charge in [0, 0.05) is 34.4 Å². The number of primary amides is 1. The molecule has 0 saturated heterocycles. The predicted molar refractivity (Wildman–Crippen MR) is 217 cm³/mol. The van der Waals surface area contributed by atoms with Gasteiger partial charge in [-0.15, -0.1) is 0 Å². The molecule has 60 heavy (non-hydrogen) atoms. The molecule has 1 atom stereocenters. The summed E-state index contributed by atoms with van der Waals surface area (Å²) in [5.74, 6) is -6.07. The van der Waals surface area contributed by atoms with Crippen molar-refractivity contribution in [1.82, 2.24) is 10.3 Å². The second kappa shape index (κ2) is 19.5. The van der Waals surface area contributed by atoms with Crippen molar-refractivity contribution in [3.8, 4) is 17.6 Å². The summed E-state index contributed by atoms with van der Waals surface area (Å²) in [6.07, 6.45) is 1.24. The van der Waals surface area contributed by atoms with Crippen LogP contribution in [0.1, 0.15) is 77.2 Å². The normalized spacial score (nSPS) is 10.9. The van der Waals surface area contributed by atoms with Crippen LogP contribution in [0, 0.1) is 11.3 Å². The Bertz CT molecular complexity index is 2480. The highest BCUT2D eigenvalue weighted by atomic mass is 16.5. The van der Waals surface area contributed by atoms with Gasteiger partial charge in [0.05, 0.1) is 35.4 Å². The lowest BCUT2D eigenvalue weighted by molar-refractivity contribution is -0.123. The summed E-state index contributed by atoms with van der Waals surface area (Å²) in [5, 5.41) is 41.9. The van der Waals surface area contributed by atoms with E-state index in [9.17, 15) is 38.7 Å². The molecule has 5 aromatic rings. The summed E-state index contributed by atoms with van der Waals surface area (Å²) in [6, 6.07) is 22.6. The number of nitrogens with one attached hydrogen (secondary N) is 5. The van der Waals surface area contributed by atoms with Crippen LogP contribution in [0.4, 0.5) is 22.7 Å². The number of nitriles is 1. The maximum Gasteiger partial charge on any atom is 0.335 e. The molecule has 0 unspecified atom stereocenters. The van der Waals surface area contributed by atoms with Crippen LogP contribution in [0.3, 0.4) is 0 Å². The van der Waals surface area contributed by atoms with Crippen LogP contribution < -0.4 is 37.1 Å². The topological polar surface area (TPSA) is 292 Å². The number of hydrogen-bond donors (Lipinski definition) is 8. The molecule has 4 aromatic carbocycles. The fourth-order valence-electron chi connectivity index (χ4n) is 5.38. The van der Waals surface area contributed by atoms with Crippen molar-refractivity contribution in [3.63, 3.8) is 0 Å². The van der Waals surface area contributed by atoms with Crippen LogP contribution in [0.25, 0.3) is 0 Å².